The number of rotatable bonds is 6. The number of ether oxygens (including phenoxy) is 1. The van der Waals surface area contributed by atoms with Crippen LogP contribution in [0.1, 0.15) is 17.2 Å². The van der Waals surface area contributed by atoms with Crippen LogP contribution in [0.2, 0.25) is 0 Å². The van der Waals surface area contributed by atoms with Crippen molar-refractivity contribution in [1.29, 1.82) is 0 Å². The lowest BCUT2D eigenvalue weighted by atomic mass is 10.1. The van der Waals surface area contributed by atoms with Crippen molar-refractivity contribution in [1.82, 2.24) is 25.4 Å². The standard InChI is InChI=1S/C18H24N6O/c1-4-9-19-18(21-12-17-23-22-13(2)24(17)3)20-11-15-10-14-7-5-6-8-16(14)25-15/h4-8,15H,1,9-12H2,2-3H3,(H2,19,20,21). The summed E-state index contributed by atoms with van der Waals surface area (Å²) in [7, 11) is 1.94. The molecule has 1 aromatic carbocycles. The van der Waals surface area contributed by atoms with Crippen LogP contribution >= 0.6 is 0 Å². The third kappa shape index (κ3) is 4.17. The van der Waals surface area contributed by atoms with E-state index in [9.17, 15) is 0 Å². The van der Waals surface area contributed by atoms with Crippen molar-refractivity contribution in [3.05, 3.63) is 54.1 Å². The number of hydrogen-bond acceptors (Lipinski definition) is 4. The summed E-state index contributed by atoms with van der Waals surface area (Å²) in [5.41, 5.74) is 1.25. The number of aliphatic imine (C=N–C) groups is 1. The molecule has 0 amide bonds. The summed E-state index contributed by atoms with van der Waals surface area (Å²) in [5.74, 6) is 3.37. The summed E-state index contributed by atoms with van der Waals surface area (Å²) in [6.07, 6.45) is 2.80. The zero-order valence-corrected chi connectivity index (χ0v) is 14.7. The maximum Gasteiger partial charge on any atom is 0.192 e. The van der Waals surface area contributed by atoms with Gasteiger partial charge in [0, 0.05) is 20.0 Å². The van der Waals surface area contributed by atoms with E-state index in [0.717, 1.165) is 23.8 Å². The summed E-state index contributed by atoms with van der Waals surface area (Å²) in [4.78, 5) is 4.58. The molecule has 25 heavy (non-hydrogen) atoms. The molecule has 1 aliphatic heterocycles. The lowest BCUT2D eigenvalue weighted by Crippen LogP contribution is -2.42. The van der Waals surface area contributed by atoms with E-state index in [1.165, 1.54) is 5.56 Å². The molecule has 0 fully saturated rings. The first-order valence-electron chi connectivity index (χ1n) is 8.40. The van der Waals surface area contributed by atoms with Gasteiger partial charge in [0.1, 0.15) is 24.2 Å². The average Bonchev–Trinajstić information content (AvgIpc) is 3.18. The van der Waals surface area contributed by atoms with Crippen LogP contribution < -0.4 is 15.4 Å². The van der Waals surface area contributed by atoms with Crippen molar-refractivity contribution in [2.45, 2.75) is 26.0 Å². The van der Waals surface area contributed by atoms with Gasteiger partial charge in [-0.3, -0.25) is 0 Å². The number of aromatic nitrogens is 3. The lowest BCUT2D eigenvalue weighted by molar-refractivity contribution is 0.235. The minimum absolute atomic E-state index is 0.102. The number of nitrogens with one attached hydrogen (secondary N) is 2. The molecular weight excluding hydrogens is 316 g/mol. The molecule has 0 saturated carbocycles. The Hall–Kier alpha value is -2.83. The molecule has 0 spiro atoms. The van der Waals surface area contributed by atoms with Gasteiger partial charge in [-0.15, -0.1) is 16.8 Å². The molecule has 1 atom stereocenters. The molecule has 2 aromatic rings. The summed E-state index contributed by atoms with van der Waals surface area (Å²) in [6.45, 7) is 7.42. The average molecular weight is 340 g/mol. The Labute approximate surface area is 147 Å². The highest BCUT2D eigenvalue weighted by Crippen LogP contribution is 2.27. The quantitative estimate of drug-likeness (QED) is 0.472. The second kappa shape index (κ2) is 7.83. The van der Waals surface area contributed by atoms with Crippen LogP contribution in [0.25, 0.3) is 0 Å². The van der Waals surface area contributed by atoms with E-state index >= 15 is 0 Å². The van der Waals surface area contributed by atoms with E-state index in [4.69, 9.17) is 4.74 Å². The Morgan fingerprint density at radius 1 is 1.40 bits per heavy atom. The molecule has 2 N–H and O–H groups in total. The number of guanidine groups is 1. The highest BCUT2D eigenvalue weighted by Gasteiger charge is 2.22. The molecule has 0 bridgehead atoms. The van der Waals surface area contributed by atoms with Crippen molar-refractivity contribution in [3.63, 3.8) is 0 Å². The predicted molar refractivity (Wildman–Crippen MR) is 97.6 cm³/mol. The molecular formula is C18H24N6O. The fourth-order valence-electron chi connectivity index (χ4n) is 2.66. The number of para-hydroxylation sites is 1. The first-order valence-corrected chi connectivity index (χ1v) is 8.40. The summed E-state index contributed by atoms with van der Waals surface area (Å²) >= 11 is 0. The first-order chi connectivity index (χ1) is 12.2. The van der Waals surface area contributed by atoms with Gasteiger partial charge in [0.15, 0.2) is 11.8 Å². The fraction of sp³-hybridized carbons (Fsp3) is 0.389. The molecule has 0 radical (unpaired) electrons. The Morgan fingerprint density at radius 3 is 2.96 bits per heavy atom. The monoisotopic (exact) mass is 340 g/mol. The minimum atomic E-state index is 0.102. The van der Waals surface area contributed by atoms with Crippen LogP contribution in [-0.2, 0) is 20.0 Å². The van der Waals surface area contributed by atoms with Crippen LogP contribution in [0.15, 0.2) is 41.9 Å². The van der Waals surface area contributed by atoms with Crippen LogP contribution in [0.3, 0.4) is 0 Å². The van der Waals surface area contributed by atoms with Crippen molar-refractivity contribution in [2.24, 2.45) is 12.0 Å². The molecule has 1 aromatic heterocycles. The summed E-state index contributed by atoms with van der Waals surface area (Å²) in [5, 5.41) is 14.7. The molecule has 132 valence electrons. The zero-order valence-electron chi connectivity index (χ0n) is 14.7. The normalized spacial score (nSPS) is 16.2. The molecule has 0 aliphatic carbocycles. The second-order valence-corrected chi connectivity index (χ2v) is 5.99. The Morgan fingerprint density at radius 2 is 2.24 bits per heavy atom. The maximum absolute atomic E-state index is 5.96. The number of fused-ring (bicyclic) bond motifs is 1. The van der Waals surface area contributed by atoms with Gasteiger partial charge in [-0.25, -0.2) is 4.99 Å². The number of aryl methyl sites for hydroxylation is 1. The van der Waals surface area contributed by atoms with E-state index < -0.39 is 0 Å². The van der Waals surface area contributed by atoms with Crippen LogP contribution in [0.5, 0.6) is 5.75 Å². The minimum Gasteiger partial charge on any atom is -0.488 e. The third-order valence-corrected chi connectivity index (χ3v) is 4.19. The van der Waals surface area contributed by atoms with E-state index in [1.54, 1.807) is 6.08 Å². The molecule has 2 heterocycles. The summed E-state index contributed by atoms with van der Waals surface area (Å²) < 4.78 is 7.89. The Balaban J connectivity index is 1.58. The van der Waals surface area contributed by atoms with Crippen molar-refractivity contribution in [3.8, 4) is 5.75 Å². The van der Waals surface area contributed by atoms with E-state index in [2.05, 4.69) is 38.5 Å². The first kappa shape index (κ1) is 17.0. The number of benzene rings is 1. The van der Waals surface area contributed by atoms with Gasteiger partial charge in [0.05, 0.1) is 6.54 Å². The largest absolute Gasteiger partial charge is 0.488 e. The molecule has 1 aliphatic rings. The van der Waals surface area contributed by atoms with Crippen molar-refractivity contribution >= 4 is 5.96 Å². The lowest BCUT2D eigenvalue weighted by Gasteiger charge is -2.15. The highest BCUT2D eigenvalue weighted by atomic mass is 16.5. The van der Waals surface area contributed by atoms with Gasteiger partial charge in [-0.2, -0.15) is 0 Å². The molecule has 1 unspecified atom stereocenters. The van der Waals surface area contributed by atoms with Crippen molar-refractivity contribution in [2.75, 3.05) is 13.1 Å². The highest BCUT2D eigenvalue weighted by molar-refractivity contribution is 5.79. The van der Waals surface area contributed by atoms with Crippen molar-refractivity contribution < 1.29 is 4.74 Å². The van der Waals surface area contributed by atoms with Gasteiger partial charge in [-0.1, -0.05) is 24.3 Å². The SMILES string of the molecule is C=CCNC(=NCc1nnc(C)n1C)NCC1Cc2ccccc2O1. The van der Waals surface area contributed by atoms with Gasteiger partial charge in [-0.05, 0) is 18.6 Å². The smallest absolute Gasteiger partial charge is 0.192 e. The zero-order chi connectivity index (χ0) is 17.6. The maximum atomic E-state index is 5.96. The van der Waals surface area contributed by atoms with Gasteiger partial charge in [0.25, 0.3) is 0 Å². The van der Waals surface area contributed by atoms with Crippen LogP contribution in [0.4, 0.5) is 0 Å². The van der Waals surface area contributed by atoms with Crippen LogP contribution in [0, 0.1) is 6.92 Å². The van der Waals surface area contributed by atoms with Gasteiger partial charge < -0.3 is 19.9 Å². The van der Waals surface area contributed by atoms with E-state index in [1.807, 2.05) is 36.7 Å². The van der Waals surface area contributed by atoms with Gasteiger partial charge in [0.2, 0.25) is 0 Å². The number of hydrogen-bond donors (Lipinski definition) is 2. The van der Waals surface area contributed by atoms with E-state index in [0.29, 0.717) is 25.6 Å². The van der Waals surface area contributed by atoms with Crippen LogP contribution in [-0.4, -0.2) is 39.9 Å². The molecule has 0 saturated heterocycles. The number of nitrogens with zero attached hydrogens (tertiary/aromatic N) is 4. The topological polar surface area (TPSA) is 76.4 Å². The molecule has 3 rings (SSSR count). The molecule has 7 heteroatoms. The molecule has 7 nitrogen and oxygen atoms in total. The summed E-state index contributed by atoms with van der Waals surface area (Å²) in [6, 6.07) is 8.16. The predicted octanol–water partition coefficient (Wildman–Crippen LogP) is 1.35. The fourth-order valence-corrected chi connectivity index (χ4v) is 2.66. The Bertz CT molecular complexity index is 742. The van der Waals surface area contributed by atoms with Gasteiger partial charge >= 0.3 is 0 Å². The second-order valence-electron chi connectivity index (χ2n) is 5.99. The Kier molecular flexibility index (Phi) is 5.33. The van der Waals surface area contributed by atoms with E-state index in [-0.39, 0.29) is 6.10 Å². The third-order valence-electron chi connectivity index (χ3n) is 4.19.